The van der Waals surface area contributed by atoms with Gasteiger partial charge in [-0.25, -0.2) is 13.6 Å². The van der Waals surface area contributed by atoms with Crippen LogP contribution in [0.15, 0.2) is 34.2 Å². The molecule has 0 aromatic heterocycles. The van der Waals surface area contributed by atoms with E-state index in [0.717, 1.165) is 22.2 Å². The lowest BCUT2D eigenvalue weighted by Crippen LogP contribution is -2.27. The van der Waals surface area contributed by atoms with Gasteiger partial charge in [-0.05, 0) is 24.1 Å². The molecule has 3 N–H and O–H groups in total. The highest BCUT2D eigenvalue weighted by Gasteiger charge is 2.10. The normalized spacial score (nSPS) is 14.7. The average molecular weight is 359 g/mol. The van der Waals surface area contributed by atoms with Gasteiger partial charge >= 0.3 is 0 Å². The molecule has 0 aliphatic carbocycles. The van der Waals surface area contributed by atoms with E-state index >= 15 is 0 Å². The monoisotopic (exact) mass is 359 g/mol. The first kappa shape index (κ1) is 17.3. The molecule has 0 saturated heterocycles. The van der Waals surface area contributed by atoms with Crippen LogP contribution in [0.3, 0.4) is 0 Å². The van der Waals surface area contributed by atoms with Gasteiger partial charge in [-0.15, -0.1) is 0 Å². The molecule has 120 valence electrons. The highest BCUT2D eigenvalue weighted by Crippen LogP contribution is 2.21. The van der Waals surface area contributed by atoms with Gasteiger partial charge in [0.05, 0.1) is 17.2 Å². The van der Waals surface area contributed by atoms with E-state index in [9.17, 15) is 13.2 Å². The number of thioether (sulfide) groups is 2. The molecular weight excluding hydrogens is 342 g/mol. The molecule has 9 heteroatoms. The number of aliphatic imine (C=N–C) groups is 1. The van der Waals surface area contributed by atoms with Gasteiger partial charge in [0.2, 0.25) is 15.9 Å². The van der Waals surface area contributed by atoms with Crippen molar-refractivity contribution in [2.45, 2.75) is 11.3 Å². The van der Waals surface area contributed by atoms with Crippen LogP contribution in [0.2, 0.25) is 0 Å². The minimum absolute atomic E-state index is 0.0265. The molecule has 1 aliphatic rings. The minimum atomic E-state index is -3.65. The molecule has 22 heavy (non-hydrogen) atoms. The summed E-state index contributed by atoms with van der Waals surface area (Å²) in [5.41, 5.74) is 0.941. The number of nitrogens with one attached hydrogen (secondary N) is 1. The summed E-state index contributed by atoms with van der Waals surface area (Å²) >= 11 is 3.15. The van der Waals surface area contributed by atoms with Crippen LogP contribution in [0.5, 0.6) is 0 Å². The first-order chi connectivity index (χ1) is 10.4. The Morgan fingerprint density at radius 1 is 1.36 bits per heavy atom. The Morgan fingerprint density at radius 3 is 2.68 bits per heavy atom. The number of primary sulfonamides is 1. The van der Waals surface area contributed by atoms with Gasteiger partial charge < -0.3 is 5.32 Å². The van der Waals surface area contributed by atoms with Crippen molar-refractivity contribution in [1.82, 2.24) is 5.32 Å². The number of amides is 1. The first-order valence-electron chi connectivity index (χ1n) is 6.63. The lowest BCUT2D eigenvalue weighted by atomic mass is 10.1. The number of nitrogens with two attached hydrogens (primary N) is 1. The second-order valence-electron chi connectivity index (χ2n) is 4.57. The summed E-state index contributed by atoms with van der Waals surface area (Å²) in [7, 11) is -3.65. The molecule has 0 radical (unpaired) electrons. The van der Waals surface area contributed by atoms with Gasteiger partial charge in [-0.2, -0.15) is 0 Å². The molecule has 1 amide bonds. The quantitative estimate of drug-likeness (QED) is 0.783. The first-order valence-corrected chi connectivity index (χ1v) is 10.2. The fourth-order valence-corrected chi connectivity index (χ4v) is 4.13. The van der Waals surface area contributed by atoms with Gasteiger partial charge in [0.25, 0.3) is 0 Å². The number of rotatable bonds is 6. The van der Waals surface area contributed by atoms with Crippen LogP contribution in [-0.4, -0.2) is 43.3 Å². The molecule has 0 unspecified atom stereocenters. The van der Waals surface area contributed by atoms with Crippen molar-refractivity contribution in [3.05, 3.63) is 29.8 Å². The largest absolute Gasteiger partial charge is 0.355 e. The van der Waals surface area contributed by atoms with Crippen molar-refractivity contribution in [2.24, 2.45) is 10.1 Å². The molecule has 1 heterocycles. The van der Waals surface area contributed by atoms with E-state index in [0.29, 0.717) is 18.7 Å². The highest BCUT2D eigenvalue weighted by molar-refractivity contribution is 8.39. The molecule has 1 aromatic carbocycles. The van der Waals surface area contributed by atoms with Crippen LogP contribution < -0.4 is 10.5 Å². The predicted octanol–water partition coefficient (Wildman–Crippen LogP) is 0.829. The Bertz CT molecular complexity index is 657. The van der Waals surface area contributed by atoms with Crippen LogP contribution in [0.25, 0.3) is 0 Å². The van der Waals surface area contributed by atoms with Crippen molar-refractivity contribution in [3.8, 4) is 0 Å². The summed E-state index contributed by atoms with van der Waals surface area (Å²) in [6, 6.07) is 6.34. The third-order valence-corrected chi connectivity index (χ3v) is 6.05. The Hall–Kier alpha value is -1.03. The van der Waals surface area contributed by atoms with E-state index in [1.54, 1.807) is 23.9 Å². The van der Waals surface area contributed by atoms with Crippen molar-refractivity contribution in [1.29, 1.82) is 0 Å². The summed E-state index contributed by atoms with van der Waals surface area (Å²) in [5, 5.41) is 7.87. The zero-order chi connectivity index (χ0) is 16.0. The number of nitrogens with zero attached hydrogens (tertiary/aromatic N) is 1. The Balaban J connectivity index is 1.70. The van der Waals surface area contributed by atoms with E-state index in [1.165, 1.54) is 23.9 Å². The summed E-state index contributed by atoms with van der Waals surface area (Å²) < 4.78 is 23.3. The molecular formula is C13H17N3O3S3. The third kappa shape index (κ3) is 5.64. The molecule has 1 aliphatic heterocycles. The van der Waals surface area contributed by atoms with Crippen LogP contribution in [0, 0.1) is 0 Å². The van der Waals surface area contributed by atoms with E-state index in [4.69, 9.17) is 5.14 Å². The molecule has 6 nitrogen and oxygen atoms in total. The number of sulfonamides is 1. The smallest absolute Gasteiger partial charge is 0.238 e. The summed E-state index contributed by atoms with van der Waals surface area (Å²) in [6.07, 6.45) is 0.636. The minimum Gasteiger partial charge on any atom is -0.355 e. The van der Waals surface area contributed by atoms with E-state index < -0.39 is 10.0 Å². The Morgan fingerprint density at radius 2 is 2.09 bits per heavy atom. The average Bonchev–Trinajstić information content (AvgIpc) is 2.98. The molecule has 0 spiro atoms. The van der Waals surface area contributed by atoms with Crippen LogP contribution in [0.1, 0.15) is 5.56 Å². The van der Waals surface area contributed by atoms with Gasteiger partial charge in [0, 0.05) is 12.3 Å². The second-order valence-corrected chi connectivity index (χ2v) is 8.44. The Kier molecular flexibility index (Phi) is 6.30. The van der Waals surface area contributed by atoms with Crippen LogP contribution in [0.4, 0.5) is 0 Å². The van der Waals surface area contributed by atoms with Gasteiger partial charge in [-0.1, -0.05) is 35.7 Å². The molecule has 0 fully saturated rings. The maximum Gasteiger partial charge on any atom is 0.238 e. The maximum atomic E-state index is 11.7. The fourth-order valence-electron chi connectivity index (χ4n) is 1.77. The van der Waals surface area contributed by atoms with E-state index in [2.05, 4.69) is 10.3 Å². The molecule has 0 saturated carbocycles. The number of hydrogen-bond donors (Lipinski definition) is 2. The number of carbonyl (C=O) groups excluding carboxylic acids is 1. The van der Waals surface area contributed by atoms with Gasteiger partial charge in [-0.3, -0.25) is 9.79 Å². The van der Waals surface area contributed by atoms with Gasteiger partial charge in [0.15, 0.2) is 0 Å². The summed E-state index contributed by atoms with van der Waals surface area (Å²) in [5.74, 6) is 1.34. The molecule has 1 aromatic rings. The second kappa shape index (κ2) is 8.00. The highest BCUT2D eigenvalue weighted by atomic mass is 32.2. The Labute approximate surface area is 138 Å². The lowest BCUT2D eigenvalue weighted by Gasteiger charge is -2.06. The lowest BCUT2D eigenvalue weighted by molar-refractivity contribution is -0.118. The SMILES string of the molecule is NS(=O)(=O)c1ccc(CCNC(=O)CSC2=NCCS2)cc1. The van der Waals surface area contributed by atoms with E-state index in [-0.39, 0.29) is 10.8 Å². The van der Waals surface area contributed by atoms with Crippen LogP contribution >= 0.6 is 23.5 Å². The molecule has 2 rings (SSSR count). The topological polar surface area (TPSA) is 102 Å². The fraction of sp³-hybridized carbons (Fsp3) is 0.385. The standard InChI is InChI=1S/C13H17N3O3S3/c14-22(18,19)11-3-1-10(2-4-11)5-6-15-12(17)9-21-13-16-7-8-20-13/h1-4H,5-9H2,(H,15,17)(H2,14,18,19). The summed E-state index contributed by atoms with van der Waals surface area (Å²) in [6.45, 7) is 1.34. The number of hydrogen-bond acceptors (Lipinski definition) is 6. The number of carbonyl (C=O) groups is 1. The van der Waals surface area contributed by atoms with E-state index in [1.807, 2.05) is 0 Å². The molecule has 0 atom stereocenters. The van der Waals surface area contributed by atoms with Crippen molar-refractivity contribution in [3.63, 3.8) is 0 Å². The van der Waals surface area contributed by atoms with Crippen molar-refractivity contribution < 1.29 is 13.2 Å². The zero-order valence-electron chi connectivity index (χ0n) is 11.8. The van der Waals surface area contributed by atoms with Crippen molar-refractivity contribution in [2.75, 3.05) is 24.6 Å². The van der Waals surface area contributed by atoms with Gasteiger partial charge in [0.1, 0.15) is 4.38 Å². The number of benzene rings is 1. The van der Waals surface area contributed by atoms with Crippen LogP contribution in [-0.2, 0) is 21.2 Å². The summed E-state index contributed by atoms with van der Waals surface area (Å²) in [4.78, 5) is 16.0. The van der Waals surface area contributed by atoms with Crippen molar-refractivity contribution >= 4 is 43.8 Å². The maximum absolute atomic E-state index is 11.7. The predicted molar refractivity (Wildman–Crippen MR) is 91.7 cm³/mol. The zero-order valence-corrected chi connectivity index (χ0v) is 14.3. The molecule has 0 bridgehead atoms. The third-order valence-electron chi connectivity index (χ3n) is 2.87.